The van der Waals surface area contributed by atoms with Crippen molar-refractivity contribution in [3.8, 4) is 0 Å². The molecule has 3 aliphatic rings. The Morgan fingerprint density at radius 1 is 1.09 bits per heavy atom. The van der Waals surface area contributed by atoms with Crippen LogP contribution in [0.15, 0.2) is 30.5 Å². The SMILES string of the molecule is C[C@H]1C[C@@H](NC(=O)C2CCN(C3CC3)CC2)CN(c2ccc(C(F)(F)F)c3ncccc23)C1. The number of carbonyl (C=O) groups excluding carboxylic acids is 1. The van der Waals surface area contributed by atoms with Crippen LogP contribution in [0.5, 0.6) is 0 Å². The van der Waals surface area contributed by atoms with Crippen LogP contribution in [-0.4, -0.2) is 54.1 Å². The number of pyridine rings is 1. The number of hydrogen-bond acceptors (Lipinski definition) is 4. The van der Waals surface area contributed by atoms with Crippen LogP contribution in [0, 0.1) is 11.8 Å². The summed E-state index contributed by atoms with van der Waals surface area (Å²) in [5, 5.41) is 3.77. The topological polar surface area (TPSA) is 48.5 Å². The largest absolute Gasteiger partial charge is 0.418 e. The summed E-state index contributed by atoms with van der Waals surface area (Å²) in [7, 11) is 0. The molecule has 2 saturated heterocycles. The zero-order valence-electron chi connectivity index (χ0n) is 18.9. The molecule has 1 aromatic heterocycles. The van der Waals surface area contributed by atoms with Crippen LogP contribution in [0.4, 0.5) is 18.9 Å². The van der Waals surface area contributed by atoms with E-state index in [1.165, 1.54) is 19.0 Å². The van der Waals surface area contributed by atoms with E-state index in [4.69, 9.17) is 0 Å². The molecule has 1 N–H and O–H groups in total. The molecule has 178 valence electrons. The van der Waals surface area contributed by atoms with E-state index in [1.54, 1.807) is 18.2 Å². The van der Waals surface area contributed by atoms with Crippen molar-refractivity contribution in [1.82, 2.24) is 15.2 Å². The predicted molar refractivity (Wildman–Crippen MR) is 122 cm³/mol. The van der Waals surface area contributed by atoms with E-state index >= 15 is 0 Å². The van der Waals surface area contributed by atoms with Gasteiger partial charge in [0.15, 0.2) is 0 Å². The number of fused-ring (bicyclic) bond motifs is 1. The van der Waals surface area contributed by atoms with E-state index in [0.29, 0.717) is 17.8 Å². The molecule has 2 atom stereocenters. The Morgan fingerprint density at radius 3 is 2.55 bits per heavy atom. The van der Waals surface area contributed by atoms with Gasteiger partial charge in [-0.05, 0) is 75.4 Å². The summed E-state index contributed by atoms with van der Waals surface area (Å²) in [6.07, 6.45) is 2.22. The molecule has 3 fully saturated rings. The number of likely N-dealkylation sites (tertiary alicyclic amines) is 1. The lowest BCUT2D eigenvalue weighted by molar-refractivity contribution is -0.136. The lowest BCUT2D eigenvalue weighted by Crippen LogP contribution is -2.52. The van der Waals surface area contributed by atoms with Gasteiger partial charge in [-0.3, -0.25) is 9.78 Å². The van der Waals surface area contributed by atoms with Gasteiger partial charge in [0.25, 0.3) is 0 Å². The highest BCUT2D eigenvalue weighted by Gasteiger charge is 2.36. The summed E-state index contributed by atoms with van der Waals surface area (Å²) in [6, 6.07) is 6.79. The van der Waals surface area contributed by atoms with E-state index in [-0.39, 0.29) is 23.4 Å². The standard InChI is InChI=1S/C25H31F3N4O/c1-16-13-18(30-24(33)17-8-11-31(12-9-17)19-4-5-19)15-32(14-16)22-7-6-21(25(26,27)28)23-20(22)3-2-10-29-23/h2-3,6-7,10,16-19H,4-5,8-9,11-15H2,1H3,(H,30,33)/t16-,18+/m0/s1. The highest BCUT2D eigenvalue weighted by atomic mass is 19.4. The predicted octanol–water partition coefficient (Wildman–Crippen LogP) is 4.46. The van der Waals surface area contributed by atoms with Crippen molar-refractivity contribution in [2.45, 2.75) is 57.3 Å². The number of alkyl halides is 3. The lowest BCUT2D eigenvalue weighted by Gasteiger charge is -2.40. The number of aromatic nitrogens is 1. The minimum absolute atomic E-state index is 0.0169. The summed E-state index contributed by atoms with van der Waals surface area (Å²) in [4.78, 5) is 21.7. The van der Waals surface area contributed by atoms with Gasteiger partial charge in [0.05, 0.1) is 11.1 Å². The van der Waals surface area contributed by atoms with Crippen molar-refractivity contribution in [2.75, 3.05) is 31.1 Å². The number of nitrogens with zero attached hydrogens (tertiary/aromatic N) is 3. The van der Waals surface area contributed by atoms with Crippen LogP contribution in [0.3, 0.4) is 0 Å². The maximum absolute atomic E-state index is 13.5. The molecule has 8 heteroatoms. The zero-order valence-corrected chi connectivity index (χ0v) is 18.9. The molecule has 1 saturated carbocycles. The van der Waals surface area contributed by atoms with E-state index in [0.717, 1.165) is 56.7 Å². The number of rotatable bonds is 4. The second-order valence-electron chi connectivity index (χ2n) is 10.0. The monoisotopic (exact) mass is 460 g/mol. The molecule has 0 unspecified atom stereocenters. The number of carbonyl (C=O) groups is 1. The molecule has 1 amide bonds. The van der Waals surface area contributed by atoms with Gasteiger partial charge in [-0.2, -0.15) is 13.2 Å². The van der Waals surface area contributed by atoms with Crippen molar-refractivity contribution in [3.05, 3.63) is 36.0 Å². The molecule has 1 aromatic carbocycles. The molecule has 1 aliphatic carbocycles. The van der Waals surface area contributed by atoms with Gasteiger partial charge in [-0.15, -0.1) is 0 Å². The Labute approximate surface area is 192 Å². The quantitative estimate of drug-likeness (QED) is 0.732. The first-order chi connectivity index (χ1) is 15.8. The molecule has 33 heavy (non-hydrogen) atoms. The summed E-state index contributed by atoms with van der Waals surface area (Å²) >= 11 is 0. The van der Waals surface area contributed by atoms with Crippen molar-refractivity contribution >= 4 is 22.5 Å². The highest BCUT2D eigenvalue weighted by Crippen LogP contribution is 2.38. The molecule has 5 nitrogen and oxygen atoms in total. The van der Waals surface area contributed by atoms with Crippen molar-refractivity contribution < 1.29 is 18.0 Å². The highest BCUT2D eigenvalue weighted by molar-refractivity contribution is 5.94. The number of anilines is 1. The summed E-state index contributed by atoms with van der Waals surface area (Å²) in [5.41, 5.74) is 0.00711. The van der Waals surface area contributed by atoms with Gasteiger partial charge < -0.3 is 15.1 Å². The first kappa shape index (κ1) is 22.4. The lowest BCUT2D eigenvalue weighted by atomic mass is 9.92. The second-order valence-corrected chi connectivity index (χ2v) is 10.0. The van der Waals surface area contributed by atoms with Crippen LogP contribution in [0.2, 0.25) is 0 Å². The number of benzene rings is 1. The minimum Gasteiger partial charge on any atom is -0.369 e. The van der Waals surface area contributed by atoms with E-state index in [1.807, 2.05) is 0 Å². The maximum Gasteiger partial charge on any atom is 0.418 e. The molecule has 0 bridgehead atoms. The first-order valence-corrected chi connectivity index (χ1v) is 12.0. The summed E-state index contributed by atoms with van der Waals surface area (Å²) in [5.74, 6) is 0.500. The van der Waals surface area contributed by atoms with E-state index in [9.17, 15) is 18.0 Å². The fourth-order valence-corrected chi connectivity index (χ4v) is 5.60. The maximum atomic E-state index is 13.5. The van der Waals surface area contributed by atoms with Gasteiger partial charge in [-0.1, -0.05) is 6.92 Å². The van der Waals surface area contributed by atoms with Gasteiger partial charge >= 0.3 is 6.18 Å². The van der Waals surface area contributed by atoms with Crippen molar-refractivity contribution in [3.63, 3.8) is 0 Å². The fourth-order valence-electron chi connectivity index (χ4n) is 5.60. The van der Waals surface area contributed by atoms with Crippen LogP contribution in [0.25, 0.3) is 10.9 Å². The number of nitrogens with one attached hydrogen (secondary N) is 1. The third-order valence-electron chi connectivity index (χ3n) is 7.36. The van der Waals surface area contributed by atoms with Gasteiger partial charge in [0.1, 0.15) is 0 Å². The van der Waals surface area contributed by atoms with Crippen LogP contribution >= 0.6 is 0 Å². The fraction of sp³-hybridized carbons (Fsp3) is 0.600. The molecular weight excluding hydrogens is 429 g/mol. The molecule has 2 aliphatic heterocycles. The second kappa shape index (κ2) is 8.78. The Hall–Kier alpha value is -2.35. The Balaban J connectivity index is 1.30. The normalized spacial score (nSPS) is 25.4. The minimum atomic E-state index is -4.45. The number of amides is 1. The molecular formula is C25H31F3N4O. The van der Waals surface area contributed by atoms with Gasteiger partial charge in [-0.25, -0.2) is 0 Å². The van der Waals surface area contributed by atoms with E-state index < -0.39 is 11.7 Å². The summed E-state index contributed by atoms with van der Waals surface area (Å²) < 4.78 is 40.5. The Bertz CT molecular complexity index is 1010. The van der Waals surface area contributed by atoms with Gasteiger partial charge in [0, 0.05) is 48.4 Å². The van der Waals surface area contributed by atoms with Crippen molar-refractivity contribution in [1.29, 1.82) is 0 Å². The third-order valence-corrected chi connectivity index (χ3v) is 7.36. The molecule has 0 spiro atoms. The average Bonchev–Trinajstić information content (AvgIpc) is 3.63. The zero-order chi connectivity index (χ0) is 23.2. The molecule has 3 heterocycles. The Kier molecular flexibility index (Phi) is 5.97. The molecule has 5 rings (SSSR count). The van der Waals surface area contributed by atoms with Crippen LogP contribution in [-0.2, 0) is 11.0 Å². The number of halogens is 3. The average molecular weight is 461 g/mol. The van der Waals surface area contributed by atoms with Crippen molar-refractivity contribution in [2.24, 2.45) is 11.8 Å². The smallest absolute Gasteiger partial charge is 0.369 e. The summed E-state index contributed by atoms with van der Waals surface area (Å²) in [6.45, 7) is 5.46. The van der Waals surface area contributed by atoms with Gasteiger partial charge in [0.2, 0.25) is 5.91 Å². The molecule has 2 aromatic rings. The Morgan fingerprint density at radius 2 is 1.85 bits per heavy atom. The third kappa shape index (κ3) is 4.81. The van der Waals surface area contributed by atoms with E-state index in [2.05, 4.69) is 27.0 Å². The first-order valence-electron chi connectivity index (χ1n) is 12.0. The van der Waals surface area contributed by atoms with Crippen LogP contribution in [0.1, 0.15) is 44.6 Å². The number of piperidine rings is 2. The molecule has 0 radical (unpaired) electrons. The van der Waals surface area contributed by atoms with Crippen LogP contribution < -0.4 is 10.2 Å². The number of hydrogen-bond donors (Lipinski definition) is 1.